The van der Waals surface area contributed by atoms with E-state index < -0.39 is 0 Å². The Kier molecular flexibility index (Phi) is 3.36. The van der Waals surface area contributed by atoms with Crippen molar-refractivity contribution >= 4 is 16.8 Å². The standard InChI is InChI=1S/C22H22N2O2/c1-22(10-11-22)23-21(25)18-7-4-6-15-9-12-24(20(15)18)14-17-13-16-5-2-3-8-19(16)26-17/h2-9,12,17H,10-11,13-14H2,1H3,(H,23,25). The van der Waals surface area contributed by atoms with Crippen molar-refractivity contribution in [3.63, 3.8) is 0 Å². The van der Waals surface area contributed by atoms with E-state index in [0.717, 1.165) is 48.0 Å². The van der Waals surface area contributed by atoms with E-state index in [1.807, 2.05) is 24.3 Å². The number of nitrogens with zero attached hydrogens (tertiary/aromatic N) is 1. The van der Waals surface area contributed by atoms with Gasteiger partial charge in [0.25, 0.3) is 5.91 Å². The third-order valence-electron chi connectivity index (χ3n) is 5.56. The van der Waals surface area contributed by atoms with Crippen molar-refractivity contribution in [2.45, 2.75) is 44.4 Å². The fourth-order valence-electron chi connectivity index (χ4n) is 3.83. The normalized spacial score (nSPS) is 19.8. The molecular formula is C22H22N2O2. The smallest absolute Gasteiger partial charge is 0.253 e. The van der Waals surface area contributed by atoms with E-state index in [4.69, 9.17) is 4.74 Å². The molecule has 1 atom stereocenters. The van der Waals surface area contributed by atoms with Crippen LogP contribution in [0.4, 0.5) is 0 Å². The molecule has 3 aromatic rings. The average molecular weight is 346 g/mol. The van der Waals surface area contributed by atoms with Gasteiger partial charge in [0.2, 0.25) is 0 Å². The SMILES string of the molecule is CC1(NC(=O)c2cccc3ccn(CC4Cc5ccccc5O4)c23)CC1. The van der Waals surface area contributed by atoms with Gasteiger partial charge in [0.1, 0.15) is 11.9 Å². The lowest BCUT2D eigenvalue weighted by Crippen LogP contribution is -2.34. The lowest BCUT2D eigenvalue weighted by atomic mass is 10.1. The first-order valence-corrected chi connectivity index (χ1v) is 9.26. The summed E-state index contributed by atoms with van der Waals surface area (Å²) in [6.45, 7) is 2.84. The summed E-state index contributed by atoms with van der Waals surface area (Å²) < 4.78 is 8.26. The molecule has 1 unspecified atom stereocenters. The van der Waals surface area contributed by atoms with E-state index in [-0.39, 0.29) is 17.6 Å². The Balaban J connectivity index is 1.44. The first-order chi connectivity index (χ1) is 12.6. The molecule has 1 saturated carbocycles. The summed E-state index contributed by atoms with van der Waals surface area (Å²) in [7, 11) is 0. The quantitative estimate of drug-likeness (QED) is 0.778. The second-order valence-electron chi connectivity index (χ2n) is 7.78. The Morgan fingerprint density at radius 2 is 2.04 bits per heavy atom. The van der Waals surface area contributed by atoms with Gasteiger partial charge in [-0.25, -0.2) is 0 Å². The Morgan fingerprint density at radius 3 is 2.85 bits per heavy atom. The molecule has 1 aliphatic carbocycles. The number of fused-ring (bicyclic) bond motifs is 2. The van der Waals surface area contributed by atoms with Crippen molar-refractivity contribution in [2.75, 3.05) is 0 Å². The summed E-state index contributed by atoms with van der Waals surface area (Å²) in [5.41, 5.74) is 2.98. The van der Waals surface area contributed by atoms with Crippen LogP contribution < -0.4 is 10.1 Å². The van der Waals surface area contributed by atoms with Gasteiger partial charge in [0.05, 0.1) is 17.6 Å². The number of nitrogens with one attached hydrogen (secondary N) is 1. The molecule has 4 nitrogen and oxygen atoms in total. The highest BCUT2D eigenvalue weighted by atomic mass is 16.5. The highest BCUT2D eigenvalue weighted by Gasteiger charge is 2.39. The molecule has 5 rings (SSSR count). The minimum atomic E-state index is -0.0210. The van der Waals surface area contributed by atoms with Crippen molar-refractivity contribution in [1.29, 1.82) is 0 Å². The predicted molar refractivity (Wildman–Crippen MR) is 102 cm³/mol. The molecule has 0 saturated heterocycles. The summed E-state index contributed by atoms with van der Waals surface area (Å²) >= 11 is 0. The lowest BCUT2D eigenvalue weighted by Gasteiger charge is -2.16. The van der Waals surface area contributed by atoms with E-state index >= 15 is 0 Å². The Morgan fingerprint density at radius 1 is 1.19 bits per heavy atom. The van der Waals surface area contributed by atoms with Crippen molar-refractivity contribution in [1.82, 2.24) is 9.88 Å². The molecule has 2 aromatic carbocycles. The molecule has 26 heavy (non-hydrogen) atoms. The summed E-state index contributed by atoms with van der Waals surface area (Å²) in [5, 5.41) is 4.27. The zero-order chi connectivity index (χ0) is 17.7. The largest absolute Gasteiger partial charge is 0.488 e. The third-order valence-corrected chi connectivity index (χ3v) is 5.56. The molecule has 1 fully saturated rings. The van der Waals surface area contributed by atoms with E-state index in [1.165, 1.54) is 5.56 Å². The molecule has 2 heterocycles. The molecule has 4 heteroatoms. The van der Waals surface area contributed by atoms with Gasteiger partial charge in [-0.3, -0.25) is 4.79 Å². The first kappa shape index (κ1) is 15.5. The number of aromatic nitrogens is 1. The topological polar surface area (TPSA) is 43.3 Å². The molecule has 1 aliphatic heterocycles. The number of hydrogen-bond donors (Lipinski definition) is 1. The van der Waals surface area contributed by atoms with E-state index in [2.05, 4.69) is 47.3 Å². The van der Waals surface area contributed by atoms with Crippen LogP contribution in [0, 0.1) is 0 Å². The van der Waals surface area contributed by atoms with Crippen LogP contribution in [-0.2, 0) is 13.0 Å². The summed E-state index contributed by atoms with van der Waals surface area (Å²) in [6, 6.07) is 16.2. The van der Waals surface area contributed by atoms with Crippen molar-refractivity contribution in [3.8, 4) is 5.75 Å². The molecule has 1 N–H and O–H groups in total. The van der Waals surface area contributed by atoms with Crippen LogP contribution in [0.1, 0.15) is 35.7 Å². The Hall–Kier alpha value is -2.75. The van der Waals surface area contributed by atoms with Crippen LogP contribution in [0.15, 0.2) is 54.7 Å². The monoisotopic (exact) mass is 346 g/mol. The van der Waals surface area contributed by atoms with Gasteiger partial charge < -0.3 is 14.6 Å². The fraction of sp³-hybridized carbons (Fsp3) is 0.318. The number of carbonyl (C=O) groups is 1. The lowest BCUT2D eigenvalue weighted by molar-refractivity contribution is 0.0936. The van der Waals surface area contributed by atoms with E-state index in [0.29, 0.717) is 0 Å². The maximum atomic E-state index is 12.8. The maximum Gasteiger partial charge on any atom is 0.253 e. The number of para-hydroxylation sites is 2. The number of ether oxygens (including phenoxy) is 1. The van der Waals surface area contributed by atoms with Crippen LogP contribution in [0.5, 0.6) is 5.75 Å². The van der Waals surface area contributed by atoms with Gasteiger partial charge in [0.15, 0.2) is 0 Å². The molecule has 132 valence electrons. The van der Waals surface area contributed by atoms with Gasteiger partial charge in [-0.05, 0) is 43.5 Å². The molecule has 1 aromatic heterocycles. The molecular weight excluding hydrogens is 324 g/mol. The van der Waals surface area contributed by atoms with Crippen LogP contribution in [-0.4, -0.2) is 22.1 Å². The van der Waals surface area contributed by atoms with Crippen molar-refractivity contribution in [2.24, 2.45) is 0 Å². The van der Waals surface area contributed by atoms with Gasteiger partial charge in [-0.1, -0.05) is 30.3 Å². The Labute approximate surface area is 152 Å². The first-order valence-electron chi connectivity index (χ1n) is 9.26. The van der Waals surface area contributed by atoms with E-state index in [1.54, 1.807) is 0 Å². The number of rotatable bonds is 4. The Bertz CT molecular complexity index is 975. The van der Waals surface area contributed by atoms with Crippen LogP contribution in [0.2, 0.25) is 0 Å². The second kappa shape index (κ2) is 5.63. The molecule has 0 bridgehead atoms. The zero-order valence-electron chi connectivity index (χ0n) is 14.9. The predicted octanol–water partition coefficient (Wildman–Crippen LogP) is 3.93. The van der Waals surface area contributed by atoms with Crippen molar-refractivity contribution < 1.29 is 9.53 Å². The zero-order valence-corrected chi connectivity index (χ0v) is 14.9. The van der Waals surface area contributed by atoms with Gasteiger partial charge in [-0.15, -0.1) is 0 Å². The summed E-state index contributed by atoms with van der Waals surface area (Å²) in [5.74, 6) is 1.000. The van der Waals surface area contributed by atoms with Crippen LogP contribution in [0.3, 0.4) is 0 Å². The third kappa shape index (κ3) is 2.66. The van der Waals surface area contributed by atoms with Gasteiger partial charge in [0, 0.05) is 23.5 Å². The minimum absolute atomic E-state index is 0.0196. The summed E-state index contributed by atoms with van der Waals surface area (Å²) in [4.78, 5) is 12.8. The highest BCUT2D eigenvalue weighted by molar-refractivity contribution is 6.06. The number of benzene rings is 2. The van der Waals surface area contributed by atoms with Gasteiger partial charge >= 0.3 is 0 Å². The van der Waals surface area contributed by atoms with Crippen LogP contribution in [0.25, 0.3) is 10.9 Å². The molecule has 2 aliphatic rings. The fourth-order valence-corrected chi connectivity index (χ4v) is 3.83. The second-order valence-corrected chi connectivity index (χ2v) is 7.78. The maximum absolute atomic E-state index is 12.8. The van der Waals surface area contributed by atoms with Crippen LogP contribution >= 0.6 is 0 Å². The van der Waals surface area contributed by atoms with E-state index in [9.17, 15) is 4.79 Å². The van der Waals surface area contributed by atoms with Gasteiger partial charge in [-0.2, -0.15) is 0 Å². The number of carbonyl (C=O) groups excluding carboxylic acids is 1. The number of hydrogen-bond acceptors (Lipinski definition) is 2. The highest BCUT2D eigenvalue weighted by Crippen LogP contribution is 2.35. The molecule has 0 radical (unpaired) electrons. The molecule has 1 amide bonds. The molecule has 0 spiro atoms. The van der Waals surface area contributed by atoms with Crippen molar-refractivity contribution in [3.05, 3.63) is 65.9 Å². The average Bonchev–Trinajstić information content (AvgIpc) is 3.06. The minimum Gasteiger partial charge on any atom is -0.488 e. The summed E-state index contributed by atoms with van der Waals surface area (Å²) in [6.07, 6.45) is 5.18. The number of amides is 1.